The molecule has 1 saturated heterocycles. The highest BCUT2D eigenvalue weighted by atomic mass is 16.2. The standard InChI is InChI=1S/C19H22N4O/c1-13-18(16-7-3-4-8-17(16)21-13)19(24)22-10-5-6-15(12-22)23-11-9-20-14(23)2/h3-4,7-9,11,15,21H,5-6,10,12H2,1-2H3/t15-/m1/s1. The number of fused-ring (bicyclic) bond motifs is 1. The predicted molar refractivity (Wildman–Crippen MR) is 94.2 cm³/mol. The predicted octanol–water partition coefficient (Wildman–Crippen LogP) is 3.46. The molecule has 0 unspecified atom stereocenters. The first-order chi connectivity index (χ1) is 11.6. The number of imidazole rings is 1. The largest absolute Gasteiger partial charge is 0.358 e. The zero-order valence-electron chi connectivity index (χ0n) is 14.1. The minimum absolute atomic E-state index is 0.132. The number of aryl methyl sites for hydroxylation is 2. The van der Waals surface area contributed by atoms with Gasteiger partial charge in [-0.2, -0.15) is 0 Å². The summed E-state index contributed by atoms with van der Waals surface area (Å²) in [7, 11) is 0. The van der Waals surface area contributed by atoms with E-state index in [4.69, 9.17) is 0 Å². The molecule has 124 valence electrons. The number of piperidine rings is 1. The van der Waals surface area contributed by atoms with Crippen LogP contribution in [0.1, 0.15) is 40.8 Å². The van der Waals surface area contributed by atoms with Gasteiger partial charge in [-0.05, 0) is 32.8 Å². The molecule has 4 rings (SSSR count). The molecule has 24 heavy (non-hydrogen) atoms. The second kappa shape index (κ2) is 5.82. The van der Waals surface area contributed by atoms with E-state index in [0.29, 0.717) is 6.04 Å². The van der Waals surface area contributed by atoms with Crippen molar-refractivity contribution in [3.63, 3.8) is 0 Å². The smallest absolute Gasteiger partial charge is 0.256 e. The fourth-order valence-corrected chi connectivity index (χ4v) is 3.85. The number of carbonyl (C=O) groups is 1. The van der Waals surface area contributed by atoms with Crippen LogP contribution in [0.3, 0.4) is 0 Å². The van der Waals surface area contributed by atoms with E-state index in [9.17, 15) is 4.79 Å². The number of likely N-dealkylation sites (tertiary alicyclic amines) is 1. The third-order valence-corrected chi connectivity index (χ3v) is 5.05. The van der Waals surface area contributed by atoms with Gasteiger partial charge in [0, 0.05) is 42.1 Å². The number of benzene rings is 1. The Balaban J connectivity index is 1.64. The van der Waals surface area contributed by atoms with Crippen LogP contribution in [0.4, 0.5) is 0 Å². The van der Waals surface area contributed by atoms with Crippen molar-refractivity contribution in [2.45, 2.75) is 32.7 Å². The van der Waals surface area contributed by atoms with Crippen LogP contribution in [0.5, 0.6) is 0 Å². The molecule has 0 spiro atoms. The molecular formula is C19H22N4O. The molecule has 1 aliphatic heterocycles. The van der Waals surface area contributed by atoms with Gasteiger partial charge in [0.1, 0.15) is 5.82 Å². The minimum Gasteiger partial charge on any atom is -0.358 e. The van der Waals surface area contributed by atoms with E-state index in [0.717, 1.165) is 53.9 Å². The molecule has 5 nitrogen and oxygen atoms in total. The maximum atomic E-state index is 13.2. The molecule has 3 heterocycles. The van der Waals surface area contributed by atoms with Crippen LogP contribution in [0.15, 0.2) is 36.7 Å². The van der Waals surface area contributed by atoms with Gasteiger partial charge in [-0.3, -0.25) is 4.79 Å². The third kappa shape index (κ3) is 2.40. The molecule has 1 aliphatic rings. The number of aromatic nitrogens is 3. The Kier molecular flexibility index (Phi) is 3.63. The van der Waals surface area contributed by atoms with Gasteiger partial charge in [-0.15, -0.1) is 0 Å². The summed E-state index contributed by atoms with van der Waals surface area (Å²) < 4.78 is 2.20. The summed E-state index contributed by atoms with van der Waals surface area (Å²) in [5, 5.41) is 1.01. The van der Waals surface area contributed by atoms with E-state index >= 15 is 0 Å². The Morgan fingerprint density at radius 2 is 2.12 bits per heavy atom. The van der Waals surface area contributed by atoms with Gasteiger partial charge in [0.05, 0.1) is 11.6 Å². The van der Waals surface area contributed by atoms with Crippen molar-refractivity contribution in [3.8, 4) is 0 Å². The number of hydrogen-bond donors (Lipinski definition) is 1. The molecule has 3 aromatic rings. The first kappa shape index (κ1) is 15.0. The Hall–Kier alpha value is -2.56. The number of para-hydroxylation sites is 1. The number of H-pyrrole nitrogens is 1. The normalized spacial score (nSPS) is 18.2. The number of nitrogens with zero attached hydrogens (tertiary/aromatic N) is 3. The van der Waals surface area contributed by atoms with Crippen LogP contribution in [0.2, 0.25) is 0 Å². The summed E-state index contributed by atoms with van der Waals surface area (Å²) in [6.07, 6.45) is 5.97. The van der Waals surface area contributed by atoms with E-state index in [-0.39, 0.29) is 5.91 Å². The van der Waals surface area contributed by atoms with Gasteiger partial charge in [-0.25, -0.2) is 4.98 Å². The summed E-state index contributed by atoms with van der Waals surface area (Å²) in [6, 6.07) is 8.34. The average molecular weight is 322 g/mol. The number of nitrogens with one attached hydrogen (secondary N) is 1. The van der Waals surface area contributed by atoms with Gasteiger partial charge in [0.2, 0.25) is 0 Å². The van der Waals surface area contributed by atoms with Crippen molar-refractivity contribution in [2.75, 3.05) is 13.1 Å². The van der Waals surface area contributed by atoms with E-state index in [2.05, 4.69) is 14.5 Å². The Bertz CT molecular complexity index is 892. The molecule has 1 fully saturated rings. The Labute approximate surface area is 141 Å². The fraction of sp³-hybridized carbons (Fsp3) is 0.368. The van der Waals surface area contributed by atoms with Gasteiger partial charge in [0.15, 0.2) is 0 Å². The zero-order valence-corrected chi connectivity index (χ0v) is 14.1. The summed E-state index contributed by atoms with van der Waals surface area (Å²) >= 11 is 0. The van der Waals surface area contributed by atoms with Crippen molar-refractivity contribution >= 4 is 16.8 Å². The summed E-state index contributed by atoms with van der Waals surface area (Å²) in [6.45, 7) is 5.57. The molecule has 0 radical (unpaired) electrons. The van der Waals surface area contributed by atoms with Crippen LogP contribution >= 0.6 is 0 Å². The molecule has 5 heteroatoms. The molecule has 0 aliphatic carbocycles. The minimum atomic E-state index is 0.132. The fourth-order valence-electron chi connectivity index (χ4n) is 3.85. The maximum absolute atomic E-state index is 13.2. The average Bonchev–Trinajstić information content (AvgIpc) is 3.16. The molecule has 1 atom stereocenters. The van der Waals surface area contributed by atoms with Crippen LogP contribution < -0.4 is 0 Å². The van der Waals surface area contributed by atoms with Crippen molar-refractivity contribution in [2.24, 2.45) is 0 Å². The van der Waals surface area contributed by atoms with Crippen LogP contribution in [-0.2, 0) is 0 Å². The highest BCUT2D eigenvalue weighted by molar-refractivity contribution is 6.08. The SMILES string of the molecule is Cc1[nH]c2ccccc2c1C(=O)N1CCC[C@@H](n2ccnc2C)C1. The van der Waals surface area contributed by atoms with Gasteiger partial charge in [-0.1, -0.05) is 18.2 Å². The lowest BCUT2D eigenvalue weighted by Crippen LogP contribution is -2.41. The van der Waals surface area contributed by atoms with E-state index < -0.39 is 0 Å². The van der Waals surface area contributed by atoms with Crippen LogP contribution in [0.25, 0.3) is 10.9 Å². The molecule has 1 aromatic carbocycles. The highest BCUT2D eigenvalue weighted by Crippen LogP contribution is 2.27. The maximum Gasteiger partial charge on any atom is 0.256 e. The summed E-state index contributed by atoms with van der Waals surface area (Å²) in [5.74, 6) is 1.14. The van der Waals surface area contributed by atoms with Gasteiger partial charge >= 0.3 is 0 Å². The summed E-state index contributed by atoms with van der Waals surface area (Å²) in [4.78, 5) is 22.8. The van der Waals surface area contributed by atoms with Gasteiger partial charge < -0.3 is 14.5 Å². The molecule has 1 amide bonds. The number of carbonyl (C=O) groups excluding carboxylic acids is 1. The van der Waals surface area contributed by atoms with Crippen molar-refractivity contribution < 1.29 is 4.79 Å². The molecule has 0 saturated carbocycles. The van der Waals surface area contributed by atoms with E-state index in [1.807, 2.05) is 55.4 Å². The number of rotatable bonds is 2. The van der Waals surface area contributed by atoms with E-state index in [1.54, 1.807) is 0 Å². The topological polar surface area (TPSA) is 53.9 Å². The second-order valence-corrected chi connectivity index (χ2v) is 6.60. The molecule has 0 bridgehead atoms. The van der Waals surface area contributed by atoms with Crippen LogP contribution in [0, 0.1) is 13.8 Å². The lowest BCUT2D eigenvalue weighted by Gasteiger charge is -2.34. The number of amides is 1. The first-order valence-corrected chi connectivity index (χ1v) is 8.51. The van der Waals surface area contributed by atoms with Crippen molar-refractivity contribution in [1.29, 1.82) is 0 Å². The zero-order chi connectivity index (χ0) is 16.7. The quantitative estimate of drug-likeness (QED) is 0.785. The highest BCUT2D eigenvalue weighted by Gasteiger charge is 2.28. The first-order valence-electron chi connectivity index (χ1n) is 8.51. The lowest BCUT2D eigenvalue weighted by atomic mass is 10.0. The van der Waals surface area contributed by atoms with E-state index in [1.165, 1.54) is 0 Å². The monoisotopic (exact) mass is 322 g/mol. The molecule has 1 N–H and O–H groups in total. The summed E-state index contributed by atoms with van der Waals surface area (Å²) in [5.41, 5.74) is 2.79. The lowest BCUT2D eigenvalue weighted by molar-refractivity contribution is 0.0679. The third-order valence-electron chi connectivity index (χ3n) is 5.05. The molecule has 2 aromatic heterocycles. The van der Waals surface area contributed by atoms with Crippen molar-refractivity contribution in [3.05, 3.63) is 53.7 Å². The second-order valence-electron chi connectivity index (χ2n) is 6.60. The van der Waals surface area contributed by atoms with Crippen LogP contribution in [-0.4, -0.2) is 38.4 Å². The number of aromatic amines is 1. The molecular weight excluding hydrogens is 300 g/mol. The van der Waals surface area contributed by atoms with Crippen molar-refractivity contribution in [1.82, 2.24) is 19.4 Å². The number of hydrogen-bond acceptors (Lipinski definition) is 2. The van der Waals surface area contributed by atoms with Gasteiger partial charge in [0.25, 0.3) is 5.91 Å². The Morgan fingerprint density at radius 1 is 1.29 bits per heavy atom. The Morgan fingerprint density at radius 3 is 2.92 bits per heavy atom.